The Labute approximate surface area is 187 Å². The van der Waals surface area contributed by atoms with Gasteiger partial charge in [0.25, 0.3) is 0 Å². The minimum absolute atomic E-state index is 0.0826. The summed E-state index contributed by atoms with van der Waals surface area (Å²) in [5.41, 5.74) is 4.02. The van der Waals surface area contributed by atoms with Crippen molar-refractivity contribution in [3.05, 3.63) is 70.3 Å². The number of alkyl halides is 3. The molecule has 2 aromatic rings. The highest BCUT2D eigenvalue weighted by atomic mass is 35.5. The van der Waals surface area contributed by atoms with Crippen LogP contribution in [0.25, 0.3) is 5.70 Å². The average Bonchev–Trinajstić information content (AvgIpc) is 3.15. The second kappa shape index (κ2) is 8.65. The van der Waals surface area contributed by atoms with Gasteiger partial charge in [0.2, 0.25) is 0 Å². The lowest BCUT2D eigenvalue weighted by Gasteiger charge is -2.35. The first-order chi connectivity index (χ1) is 15.1. The Kier molecular flexibility index (Phi) is 6.07. The van der Waals surface area contributed by atoms with Crippen molar-refractivity contribution >= 4 is 29.1 Å². The van der Waals surface area contributed by atoms with E-state index in [-0.39, 0.29) is 5.02 Å². The van der Waals surface area contributed by atoms with Crippen LogP contribution in [-0.2, 0) is 15.9 Å². The molecule has 2 heterocycles. The number of halogens is 4. The number of piperidine rings is 1. The van der Waals surface area contributed by atoms with Crippen LogP contribution >= 0.6 is 11.6 Å². The lowest BCUT2D eigenvalue weighted by atomic mass is 9.91. The molecule has 1 spiro atoms. The van der Waals surface area contributed by atoms with Crippen LogP contribution in [0, 0.1) is 6.92 Å². The van der Waals surface area contributed by atoms with E-state index in [9.17, 15) is 18.0 Å². The number of hydrogen-bond donors (Lipinski definition) is 2. The van der Waals surface area contributed by atoms with Gasteiger partial charge in [0.05, 0.1) is 16.9 Å². The number of carbonyl (C=O) groups excluding carboxylic acids is 1. The van der Waals surface area contributed by atoms with Crippen molar-refractivity contribution in [2.45, 2.75) is 31.5 Å². The van der Waals surface area contributed by atoms with Crippen LogP contribution in [-0.4, -0.2) is 29.8 Å². The molecular formula is C22H21ClF3N3O3. The van der Waals surface area contributed by atoms with E-state index in [0.717, 1.165) is 29.0 Å². The number of rotatable bonds is 3. The lowest BCUT2D eigenvalue weighted by molar-refractivity contribution is -0.153. The first kappa shape index (κ1) is 22.4. The zero-order valence-corrected chi connectivity index (χ0v) is 17.9. The van der Waals surface area contributed by atoms with Gasteiger partial charge in [0, 0.05) is 18.1 Å². The van der Waals surface area contributed by atoms with Gasteiger partial charge in [-0.3, -0.25) is 15.6 Å². The Hall–Kier alpha value is -2.75. The molecule has 1 amide bonds. The van der Waals surface area contributed by atoms with Crippen molar-refractivity contribution in [1.29, 1.82) is 0 Å². The summed E-state index contributed by atoms with van der Waals surface area (Å²) in [5, 5.41) is 3.47. The Morgan fingerprint density at radius 2 is 1.88 bits per heavy atom. The molecule has 0 saturated carbocycles. The Morgan fingerprint density at radius 1 is 1.19 bits per heavy atom. The molecular weight excluding hydrogens is 447 g/mol. The van der Waals surface area contributed by atoms with Gasteiger partial charge < -0.3 is 4.84 Å². The molecule has 10 heteroatoms. The van der Waals surface area contributed by atoms with Crippen LogP contribution in [0.2, 0.25) is 5.02 Å². The van der Waals surface area contributed by atoms with Crippen molar-refractivity contribution in [3.8, 4) is 0 Å². The molecule has 0 bridgehead atoms. The summed E-state index contributed by atoms with van der Waals surface area (Å²) in [7, 11) is 0. The van der Waals surface area contributed by atoms with Crippen molar-refractivity contribution in [2.24, 2.45) is 0 Å². The van der Waals surface area contributed by atoms with Gasteiger partial charge in [-0.05, 0) is 49.6 Å². The predicted octanol–water partition coefficient (Wildman–Crippen LogP) is 5.54. The number of anilines is 1. The van der Waals surface area contributed by atoms with Gasteiger partial charge in [-0.15, -0.1) is 5.06 Å². The Balaban J connectivity index is 1.35. The van der Waals surface area contributed by atoms with Crippen LogP contribution in [0.15, 0.2) is 48.5 Å². The van der Waals surface area contributed by atoms with Crippen LogP contribution in [0.1, 0.15) is 29.5 Å². The minimum Gasteiger partial charge on any atom is -0.351 e. The number of aryl methyl sites for hydroxylation is 1. The van der Waals surface area contributed by atoms with E-state index in [1.54, 1.807) is 0 Å². The van der Waals surface area contributed by atoms with Crippen molar-refractivity contribution in [1.82, 2.24) is 10.5 Å². The van der Waals surface area contributed by atoms with E-state index in [1.807, 2.05) is 37.3 Å². The summed E-state index contributed by atoms with van der Waals surface area (Å²) in [6.45, 7) is 2.74. The first-order valence-electron chi connectivity index (χ1n) is 9.98. The maximum Gasteiger partial charge on any atom is 0.430 e. The van der Waals surface area contributed by atoms with E-state index in [4.69, 9.17) is 21.3 Å². The summed E-state index contributed by atoms with van der Waals surface area (Å²) >= 11 is 5.66. The number of nitrogens with one attached hydrogen (secondary N) is 2. The maximum atomic E-state index is 13.2. The molecule has 2 N–H and O–H groups in total. The van der Waals surface area contributed by atoms with E-state index in [0.29, 0.717) is 25.9 Å². The number of hydrogen-bond acceptors (Lipinski definition) is 5. The zero-order valence-electron chi connectivity index (χ0n) is 17.1. The van der Waals surface area contributed by atoms with Crippen molar-refractivity contribution in [3.63, 3.8) is 0 Å². The molecule has 2 aliphatic rings. The Bertz CT molecular complexity index is 1030. The first-order valence-corrected chi connectivity index (χ1v) is 10.4. The molecule has 1 saturated heterocycles. The number of nitrogens with zero attached hydrogens (tertiary/aromatic N) is 1. The lowest BCUT2D eigenvalue weighted by Crippen LogP contribution is -2.45. The van der Waals surface area contributed by atoms with Crippen LogP contribution in [0.4, 0.5) is 23.7 Å². The fraction of sp³-hybridized carbons (Fsp3) is 0.318. The topological polar surface area (TPSA) is 62.8 Å². The third kappa shape index (κ3) is 5.01. The average molecular weight is 468 g/mol. The summed E-state index contributed by atoms with van der Waals surface area (Å²) in [6.07, 6.45) is -2.57. The second-order valence-corrected chi connectivity index (χ2v) is 8.25. The maximum absolute atomic E-state index is 13.2. The summed E-state index contributed by atoms with van der Waals surface area (Å²) in [6, 6.07) is 11.2. The van der Waals surface area contributed by atoms with E-state index < -0.39 is 29.1 Å². The van der Waals surface area contributed by atoms with Crippen LogP contribution < -0.4 is 10.8 Å². The van der Waals surface area contributed by atoms with Crippen LogP contribution in [0.3, 0.4) is 0 Å². The van der Waals surface area contributed by atoms with Gasteiger partial charge in [0.1, 0.15) is 5.60 Å². The highest BCUT2D eigenvalue weighted by Gasteiger charge is 2.40. The molecule has 170 valence electrons. The van der Waals surface area contributed by atoms with Crippen LogP contribution in [0.5, 0.6) is 0 Å². The van der Waals surface area contributed by atoms with Crippen molar-refractivity contribution in [2.75, 3.05) is 18.4 Å². The molecule has 0 unspecified atom stereocenters. The SMILES string of the molecule is Cc1ccc(C2=CC3(CCN(OC(=O)Nc4ccc(Cl)cc4C(F)(F)F)CC3)ON2)cc1. The van der Waals surface area contributed by atoms with Gasteiger partial charge in [-0.1, -0.05) is 41.4 Å². The van der Waals surface area contributed by atoms with E-state index >= 15 is 0 Å². The second-order valence-electron chi connectivity index (χ2n) is 7.81. The van der Waals surface area contributed by atoms with Gasteiger partial charge in [-0.25, -0.2) is 4.79 Å². The highest BCUT2D eigenvalue weighted by molar-refractivity contribution is 6.30. The third-order valence-corrected chi connectivity index (χ3v) is 5.67. The standard InChI is InChI=1S/C22H21ClF3N3O3/c1-14-2-4-15(5-3-14)19-13-21(32-28-19)8-10-29(11-9-21)31-20(30)27-18-7-6-16(23)12-17(18)22(24,25)26/h2-7,12-13,28H,8-11H2,1H3,(H,27,30). The minimum atomic E-state index is -4.67. The summed E-state index contributed by atoms with van der Waals surface area (Å²) in [5.74, 6) is 0. The number of hydroxylamine groups is 3. The molecule has 2 aromatic carbocycles. The number of benzene rings is 2. The van der Waals surface area contributed by atoms with Gasteiger partial charge in [0.15, 0.2) is 0 Å². The van der Waals surface area contributed by atoms with Gasteiger partial charge >= 0.3 is 12.3 Å². The zero-order chi connectivity index (χ0) is 22.9. The molecule has 0 aliphatic carbocycles. The molecule has 0 aromatic heterocycles. The fourth-order valence-electron chi connectivity index (χ4n) is 3.67. The summed E-state index contributed by atoms with van der Waals surface area (Å²) < 4.78 is 39.6. The number of carbonyl (C=O) groups is 1. The normalized spacial score (nSPS) is 18.2. The molecule has 0 atom stereocenters. The quantitative estimate of drug-likeness (QED) is 0.620. The number of amides is 1. The largest absolute Gasteiger partial charge is 0.430 e. The molecule has 6 nitrogen and oxygen atoms in total. The molecule has 1 fully saturated rings. The van der Waals surface area contributed by atoms with E-state index in [1.165, 1.54) is 11.1 Å². The fourth-order valence-corrected chi connectivity index (χ4v) is 3.84. The third-order valence-electron chi connectivity index (χ3n) is 5.44. The Morgan fingerprint density at radius 3 is 2.53 bits per heavy atom. The predicted molar refractivity (Wildman–Crippen MR) is 113 cm³/mol. The van der Waals surface area contributed by atoms with Gasteiger partial charge in [-0.2, -0.15) is 13.2 Å². The molecule has 32 heavy (non-hydrogen) atoms. The molecule has 2 aliphatic heterocycles. The van der Waals surface area contributed by atoms with E-state index in [2.05, 4.69) is 10.8 Å². The highest BCUT2D eigenvalue weighted by Crippen LogP contribution is 2.37. The molecule has 4 rings (SSSR count). The van der Waals surface area contributed by atoms with Crippen molar-refractivity contribution < 1.29 is 27.6 Å². The molecule has 0 radical (unpaired) electrons. The smallest absolute Gasteiger partial charge is 0.351 e. The monoisotopic (exact) mass is 467 g/mol. The summed E-state index contributed by atoms with van der Waals surface area (Å²) in [4.78, 5) is 23.2.